The first-order chi connectivity index (χ1) is 13.7. The Labute approximate surface area is 161 Å². The number of aryl methyl sites for hydroxylation is 1. The van der Waals surface area contributed by atoms with Gasteiger partial charge in [-0.3, -0.25) is 9.78 Å². The van der Waals surface area contributed by atoms with Crippen LogP contribution >= 0.6 is 0 Å². The molecule has 1 amide bonds. The van der Waals surface area contributed by atoms with Crippen molar-refractivity contribution >= 4 is 5.91 Å². The molecule has 0 saturated carbocycles. The van der Waals surface area contributed by atoms with E-state index < -0.39 is 0 Å². The van der Waals surface area contributed by atoms with Gasteiger partial charge in [-0.25, -0.2) is 0 Å². The number of carbonyl (C=O) groups is 1. The summed E-state index contributed by atoms with van der Waals surface area (Å²) in [6, 6.07) is 9.15. The molecule has 0 radical (unpaired) electrons. The lowest BCUT2D eigenvalue weighted by Gasteiger charge is -2.21. The monoisotopic (exact) mass is 380 g/mol. The highest BCUT2D eigenvalue weighted by Gasteiger charge is 2.16. The van der Waals surface area contributed by atoms with Crippen molar-refractivity contribution in [2.24, 2.45) is 0 Å². The van der Waals surface area contributed by atoms with E-state index in [0.717, 1.165) is 16.9 Å². The van der Waals surface area contributed by atoms with E-state index in [-0.39, 0.29) is 18.4 Å². The second-order valence-electron chi connectivity index (χ2n) is 6.44. The van der Waals surface area contributed by atoms with Gasteiger partial charge in [-0.2, -0.15) is 4.98 Å². The minimum absolute atomic E-state index is 0.0916. The third kappa shape index (κ3) is 4.11. The molecule has 1 atom stereocenters. The van der Waals surface area contributed by atoms with Crippen LogP contribution in [0.4, 0.5) is 0 Å². The molecule has 3 heterocycles. The number of pyridine rings is 1. The van der Waals surface area contributed by atoms with Crippen molar-refractivity contribution in [3.05, 3.63) is 54.2 Å². The van der Waals surface area contributed by atoms with Crippen LogP contribution in [0.25, 0.3) is 11.4 Å². The van der Waals surface area contributed by atoms with Crippen LogP contribution < -0.4 is 14.8 Å². The Morgan fingerprint density at radius 3 is 2.75 bits per heavy atom. The largest absolute Gasteiger partial charge is 0.486 e. The van der Waals surface area contributed by atoms with Gasteiger partial charge in [0.15, 0.2) is 11.5 Å². The van der Waals surface area contributed by atoms with Crippen molar-refractivity contribution in [2.45, 2.75) is 25.8 Å². The highest BCUT2D eigenvalue weighted by atomic mass is 16.6. The maximum Gasteiger partial charge on any atom is 0.227 e. The molecule has 0 spiro atoms. The number of rotatable bonds is 6. The summed E-state index contributed by atoms with van der Waals surface area (Å²) in [4.78, 5) is 20.6. The van der Waals surface area contributed by atoms with E-state index in [1.54, 1.807) is 24.5 Å². The average molecular weight is 380 g/mol. The second-order valence-corrected chi connectivity index (χ2v) is 6.44. The van der Waals surface area contributed by atoms with Gasteiger partial charge in [0.25, 0.3) is 0 Å². The van der Waals surface area contributed by atoms with E-state index in [0.29, 0.717) is 37.1 Å². The lowest BCUT2D eigenvalue weighted by molar-refractivity contribution is -0.121. The van der Waals surface area contributed by atoms with E-state index in [2.05, 4.69) is 20.4 Å². The van der Waals surface area contributed by atoms with Gasteiger partial charge in [-0.05, 0) is 36.8 Å². The highest BCUT2D eigenvalue weighted by molar-refractivity contribution is 5.76. The molecule has 3 aromatic rings. The lowest BCUT2D eigenvalue weighted by Crippen LogP contribution is -2.27. The summed E-state index contributed by atoms with van der Waals surface area (Å²) in [5.74, 6) is 2.26. The quantitative estimate of drug-likeness (QED) is 0.702. The van der Waals surface area contributed by atoms with Gasteiger partial charge in [0.1, 0.15) is 13.2 Å². The minimum atomic E-state index is -0.154. The van der Waals surface area contributed by atoms with Crippen molar-refractivity contribution < 1.29 is 18.8 Å². The Morgan fingerprint density at radius 2 is 1.93 bits per heavy atom. The van der Waals surface area contributed by atoms with Gasteiger partial charge in [-0.1, -0.05) is 11.2 Å². The van der Waals surface area contributed by atoms with E-state index in [1.807, 2.05) is 25.1 Å². The summed E-state index contributed by atoms with van der Waals surface area (Å²) in [7, 11) is 0. The summed E-state index contributed by atoms with van der Waals surface area (Å²) in [6.45, 7) is 3.01. The molecule has 1 unspecified atom stereocenters. The molecule has 28 heavy (non-hydrogen) atoms. The van der Waals surface area contributed by atoms with Gasteiger partial charge in [-0.15, -0.1) is 0 Å². The summed E-state index contributed by atoms with van der Waals surface area (Å²) < 4.78 is 16.3. The molecule has 8 nitrogen and oxygen atoms in total. The molecule has 1 N–H and O–H groups in total. The summed E-state index contributed by atoms with van der Waals surface area (Å²) in [5.41, 5.74) is 1.78. The summed E-state index contributed by atoms with van der Waals surface area (Å²) >= 11 is 0. The Balaban J connectivity index is 1.31. The Bertz CT molecular complexity index is 958. The smallest absolute Gasteiger partial charge is 0.227 e. The van der Waals surface area contributed by atoms with Crippen LogP contribution in [-0.4, -0.2) is 34.2 Å². The first kappa shape index (κ1) is 18.0. The number of aromatic nitrogens is 3. The molecular weight excluding hydrogens is 360 g/mol. The number of benzene rings is 1. The number of nitrogens with zero attached hydrogens (tertiary/aromatic N) is 3. The van der Waals surface area contributed by atoms with Crippen LogP contribution in [0.3, 0.4) is 0 Å². The number of hydrogen-bond acceptors (Lipinski definition) is 7. The molecule has 4 rings (SSSR count). The van der Waals surface area contributed by atoms with Crippen LogP contribution in [0.5, 0.6) is 11.5 Å². The predicted octanol–water partition coefficient (Wildman–Crippen LogP) is 2.71. The van der Waals surface area contributed by atoms with Gasteiger partial charge in [0.05, 0.1) is 6.04 Å². The molecule has 1 aliphatic rings. The first-order valence-electron chi connectivity index (χ1n) is 9.11. The molecule has 0 saturated heterocycles. The summed E-state index contributed by atoms with van der Waals surface area (Å²) in [5, 5.41) is 6.92. The molecular formula is C20H20N4O4. The summed E-state index contributed by atoms with van der Waals surface area (Å²) in [6.07, 6.45) is 3.96. The van der Waals surface area contributed by atoms with Crippen LogP contribution in [-0.2, 0) is 11.2 Å². The normalized spacial score (nSPS) is 13.8. The lowest BCUT2D eigenvalue weighted by atomic mass is 10.1. The molecule has 0 bridgehead atoms. The fourth-order valence-corrected chi connectivity index (χ4v) is 2.92. The number of carbonyl (C=O) groups excluding carboxylic acids is 1. The van der Waals surface area contributed by atoms with E-state index >= 15 is 0 Å². The van der Waals surface area contributed by atoms with E-state index in [9.17, 15) is 4.79 Å². The zero-order chi connectivity index (χ0) is 19.3. The molecule has 0 fully saturated rings. The third-order valence-corrected chi connectivity index (χ3v) is 4.42. The fourth-order valence-electron chi connectivity index (χ4n) is 2.92. The number of hydrogen-bond donors (Lipinski definition) is 1. The topological polar surface area (TPSA) is 99.4 Å². The van der Waals surface area contributed by atoms with E-state index in [4.69, 9.17) is 14.0 Å². The molecule has 1 aromatic carbocycles. The van der Waals surface area contributed by atoms with Crippen molar-refractivity contribution in [1.29, 1.82) is 0 Å². The fraction of sp³-hybridized carbons (Fsp3) is 0.300. The Hall–Kier alpha value is -3.42. The van der Waals surface area contributed by atoms with Gasteiger partial charge >= 0.3 is 0 Å². The zero-order valence-corrected chi connectivity index (χ0v) is 15.4. The van der Waals surface area contributed by atoms with Crippen molar-refractivity contribution in [2.75, 3.05) is 13.2 Å². The van der Waals surface area contributed by atoms with Crippen LogP contribution in [0.15, 0.2) is 47.2 Å². The molecule has 144 valence electrons. The molecule has 0 aliphatic carbocycles. The van der Waals surface area contributed by atoms with Crippen molar-refractivity contribution in [3.63, 3.8) is 0 Å². The maximum atomic E-state index is 12.3. The predicted molar refractivity (Wildman–Crippen MR) is 99.8 cm³/mol. The Kier molecular flexibility index (Phi) is 5.18. The average Bonchev–Trinajstić information content (AvgIpc) is 3.22. The maximum absolute atomic E-state index is 12.3. The number of fused-ring (bicyclic) bond motifs is 1. The van der Waals surface area contributed by atoms with Crippen LogP contribution in [0, 0.1) is 0 Å². The van der Waals surface area contributed by atoms with Gasteiger partial charge < -0.3 is 19.3 Å². The number of nitrogens with one attached hydrogen (secondary N) is 1. The van der Waals surface area contributed by atoms with Gasteiger partial charge in [0.2, 0.25) is 17.6 Å². The van der Waals surface area contributed by atoms with Crippen molar-refractivity contribution in [3.8, 4) is 22.9 Å². The minimum Gasteiger partial charge on any atom is -0.486 e. The SMILES string of the molecule is CC(NC(=O)CCc1nc(-c2ccncc2)no1)c1ccc2c(c1)OCCO2. The third-order valence-electron chi connectivity index (χ3n) is 4.42. The first-order valence-corrected chi connectivity index (χ1v) is 9.11. The standard InChI is InChI=1S/C20H20N4O4/c1-13(15-2-3-16-17(12-15)27-11-10-26-16)22-18(25)4-5-19-23-20(24-28-19)14-6-8-21-9-7-14/h2-3,6-9,12-13H,4-5,10-11H2,1H3,(H,22,25). The van der Waals surface area contributed by atoms with E-state index in [1.165, 1.54) is 0 Å². The van der Waals surface area contributed by atoms with Crippen LogP contribution in [0.2, 0.25) is 0 Å². The van der Waals surface area contributed by atoms with Crippen LogP contribution in [0.1, 0.15) is 30.8 Å². The highest BCUT2D eigenvalue weighted by Crippen LogP contribution is 2.32. The molecule has 2 aromatic heterocycles. The molecule has 8 heteroatoms. The zero-order valence-electron chi connectivity index (χ0n) is 15.4. The number of ether oxygens (including phenoxy) is 2. The number of amides is 1. The second kappa shape index (κ2) is 8.08. The Morgan fingerprint density at radius 1 is 1.14 bits per heavy atom. The molecule has 1 aliphatic heterocycles. The van der Waals surface area contributed by atoms with Gasteiger partial charge in [0, 0.05) is 30.8 Å². The van der Waals surface area contributed by atoms with Crippen molar-refractivity contribution in [1.82, 2.24) is 20.4 Å².